The SMILES string of the molecule is CCC(NCc1ccc(C)nc1)c1ccccc1F. The molecule has 3 heteroatoms. The average Bonchev–Trinajstić information content (AvgIpc) is 2.43. The summed E-state index contributed by atoms with van der Waals surface area (Å²) >= 11 is 0. The molecule has 0 bridgehead atoms. The third-order valence-electron chi connectivity index (χ3n) is 3.21. The largest absolute Gasteiger partial charge is 0.306 e. The highest BCUT2D eigenvalue weighted by Gasteiger charge is 2.12. The van der Waals surface area contributed by atoms with E-state index < -0.39 is 0 Å². The zero-order chi connectivity index (χ0) is 13.7. The van der Waals surface area contributed by atoms with Crippen molar-refractivity contribution in [1.29, 1.82) is 0 Å². The summed E-state index contributed by atoms with van der Waals surface area (Å²) in [6.45, 7) is 4.71. The second-order valence-corrected chi connectivity index (χ2v) is 4.67. The van der Waals surface area contributed by atoms with Crippen molar-refractivity contribution in [3.8, 4) is 0 Å². The number of aryl methyl sites for hydroxylation is 1. The summed E-state index contributed by atoms with van der Waals surface area (Å²) in [7, 11) is 0. The third kappa shape index (κ3) is 3.61. The van der Waals surface area contributed by atoms with Crippen LogP contribution >= 0.6 is 0 Å². The molecular formula is C16H19FN2. The molecule has 0 aliphatic heterocycles. The van der Waals surface area contributed by atoms with Crippen LogP contribution in [0.25, 0.3) is 0 Å². The van der Waals surface area contributed by atoms with Crippen molar-refractivity contribution < 1.29 is 4.39 Å². The van der Waals surface area contributed by atoms with Crippen molar-refractivity contribution in [2.24, 2.45) is 0 Å². The van der Waals surface area contributed by atoms with Gasteiger partial charge in [-0.2, -0.15) is 0 Å². The minimum absolute atomic E-state index is 0.0301. The van der Waals surface area contributed by atoms with Gasteiger partial charge in [0.05, 0.1) is 0 Å². The van der Waals surface area contributed by atoms with Gasteiger partial charge in [-0.05, 0) is 31.0 Å². The fourth-order valence-electron chi connectivity index (χ4n) is 2.08. The van der Waals surface area contributed by atoms with Crippen LogP contribution in [0.2, 0.25) is 0 Å². The number of nitrogens with zero attached hydrogens (tertiary/aromatic N) is 1. The Morgan fingerprint density at radius 3 is 2.63 bits per heavy atom. The zero-order valence-corrected chi connectivity index (χ0v) is 11.4. The summed E-state index contributed by atoms with van der Waals surface area (Å²) in [5.74, 6) is -0.149. The molecule has 0 amide bonds. The molecule has 1 aromatic heterocycles. The van der Waals surface area contributed by atoms with Crippen LogP contribution in [0.3, 0.4) is 0 Å². The summed E-state index contributed by atoms with van der Waals surface area (Å²) in [5.41, 5.74) is 2.84. The van der Waals surface area contributed by atoms with Crippen molar-refractivity contribution in [3.63, 3.8) is 0 Å². The first-order valence-corrected chi connectivity index (χ1v) is 6.60. The molecule has 1 N–H and O–H groups in total. The van der Waals surface area contributed by atoms with Gasteiger partial charge in [0.15, 0.2) is 0 Å². The number of benzene rings is 1. The van der Waals surface area contributed by atoms with Gasteiger partial charge in [0.1, 0.15) is 5.82 Å². The number of nitrogens with one attached hydrogen (secondary N) is 1. The zero-order valence-electron chi connectivity index (χ0n) is 11.4. The Bertz CT molecular complexity index is 523. The smallest absolute Gasteiger partial charge is 0.127 e. The molecule has 2 aromatic rings. The molecule has 0 aliphatic carbocycles. The molecule has 0 fully saturated rings. The highest BCUT2D eigenvalue weighted by molar-refractivity contribution is 5.21. The van der Waals surface area contributed by atoms with Crippen LogP contribution in [-0.2, 0) is 6.54 Å². The average molecular weight is 258 g/mol. The maximum atomic E-state index is 13.8. The first-order valence-electron chi connectivity index (χ1n) is 6.60. The summed E-state index contributed by atoms with van der Waals surface area (Å²) < 4.78 is 13.8. The van der Waals surface area contributed by atoms with Gasteiger partial charge >= 0.3 is 0 Å². The van der Waals surface area contributed by atoms with Crippen LogP contribution in [0.1, 0.15) is 36.2 Å². The van der Waals surface area contributed by atoms with Crippen LogP contribution in [0.5, 0.6) is 0 Å². The molecule has 100 valence electrons. The lowest BCUT2D eigenvalue weighted by Gasteiger charge is -2.18. The Hall–Kier alpha value is -1.74. The van der Waals surface area contributed by atoms with E-state index in [4.69, 9.17) is 0 Å². The lowest BCUT2D eigenvalue weighted by Crippen LogP contribution is -2.21. The van der Waals surface area contributed by atoms with E-state index in [2.05, 4.69) is 17.2 Å². The number of pyridine rings is 1. The van der Waals surface area contributed by atoms with Crippen LogP contribution < -0.4 is 5.32 Å². The molecule has 2 rings (SSSR count). The fraction of sp³-hybridized carbons (Fsp3) is 0.312. The molecule has 2 nitrogen and oxygen atoms in total. The van der Waals surface area contributed by atoms with Gasteiger partial charge in [0, 0.05) is 30.0 Å². The molecule has 0 radical (unpaired) electrons. The van der Waals surface area contributed by atoms with E-state index in [1.54, 1.807) is 6.07 Å². The lowest BCUT2D eigenvalue weighted by atomic mass is 10.0. The van der Waals surface area contributed by atoms with Crippen LogP contribution in [0.15, 0.2) is 42.6 Å². The first-order chi connectivity index (χ1) is 9.20. The number of hydrogen-bond acceptors (Lipinski definition) is 2. The molecule has 0 saturated heterocycles. The molecule has 0 spiro atoms. The molecule has 19 heavy (non-hydrogen) atoms. The van der Waals surface area contributed by atoms with Crippen molar-refractivity contribution in [1.82, 2.24) is 10.3 Å². The molecular weight excluding hydrogens is 239 g/mol. The molecule has 0 saturated carbocycles. The Balaban J connectivity index is 2.04. The van der Waals surface area contributed by atoms with E-state index in [0.717, 1.165) is 23.2 Å². The van der Waals surface area contributed by atoms with Crippen LogP contribution in [0, 0.1) is 12.7 Å². The summed E-state index contributed by atoms with van der Waals surface area (Å²) in [6, 6.07) is 11.0. The molecule has 0 aliphatic rings. The quantitative estimate of drug-likeness (QED) is 0.883. The van der Waals surface area contributed by atoms with Crippen LogP contribution in [-0.4, -0.2) is 4.98 Å². The summed E-state index contributed by atoms with van der Waals surface area (Å²) in [5, 5.41) is 3.38. The lowest BCUT2D eigenvalue weighted by molar-refractivity contribution is 0.487. The molecule has 1 unspecified atom stereocenters. The van der Waals surface area contributed by atoms with Gasteiger partial charge in [-0.3, -0.25) is 4.98 Å². The van der Waals surface area contributed by atoms with Crippen molar-refractivity contribution in [3.05, 3.63) is 65.2 Å². The fourth-order valence-corrected chi connectivity index (χ4v) is 2.08. The Morgan fingerprint density at radius 2 is 2.00 bits per heavy atom. The predicted molar refractivity (Wildman–Crippen MR) is 75.2 cm³/mol. The van der Waals surface area contributed by atoms with Gasteiger partial charge in [0.25, 0.3) is 0 Å². The Kier molecular flexibility index (Phi) is 4.63. The maximum absolute atomic E-state index is 13.8. The number of rotatable bonds is 5. The normalized spacial score (nSPS) is 12.4. The van der Waals surface area contributed by atoms with E-state index in [1.165, 1.54) is 6.07 Å². The van der Waals surface area contributed by atoms with Gasteiger partial charge < -0.3 is 5.32 Å². The van der Waals surface area contributed by atoms with Gasteiger partial charge in [-0.25, -0.2) is 4.39 Å². The van der Waals surface area contributed by atoms with Crippen molar-refractivity contribution >= 4 is 0 Å². The van der Waals surface area contributed by atoms with Crippen LogP contribution in [0.4, 0.5) is 4.39 Å². The Labute approximate surface area is 113 Å². The maximum Gasteiger partial charge on any atom is 0.127 e. The summed E-state index contributed by atoms with van der Waals surface area (Å²) in [4.78, 5) is 4.26. The van der Waals surface area contributed by atoms with E-state index in [1.807, 2.05) is 37.4 Å². The number of hydrogen-bond donors (Lipinski definition) is 1. The minimum Gasteiger partial charge on any atom is -0.306 e. The summed E-state index contributed by atoms with van der Waals surface area (Å²) in [6.07, 6.45) is 2.70. The third-order valence-corrected chi connectivity index (χ3v) is 3.21. The Morgan fingerprint density at radius 1 is 1.21 bits per heavy atom. The second kappa shape index (κ2) is 6.43. The standard InChI is InChI=1S/C16H19FN2/c1-3-16(14-6-4-5-7-15(14)17)19-11-13-9-8-12(2)18-10-13/h4-10,16,19H,3,11H2,1-2H3. The van der Waals surface area contributed by atoms with E-state index in [9.17, 15) is 4.39 Å². The molecule has 1 atom stereocenters. The number of aromatic nitrogens is 1. The highest BCUT2D eigenvalue weighted by Crippen LogP contribution is 2.20. The van der Waals surface area contributed by atoms with E-state index in [0.29, 0.717) is 6.54 Å². The number of halogens is 1. The first kappa shape index (κ1) is 13.7. The van der Waals surface area contributed by atoms with Gasteiger partial charge in [-0.15, -0.1) is 0 Å². The van der Waals surface area contributed by atoms with Gasteiger partial charge in [-0.1, -0.05) is 31.2 Å². The second-order valence-electron chi connectivity index (χ2n) is 4.67. The minimum atomic E-state index is -0.149. The van der Waals surface area contributed by atoms with Crippen molar-refractivity contribution in [2.75, 3.05) is 0 Å². The predicted octanol–water partition coefficient (Wildman–Crippen LogP) is 3.77. The van der Waals surface area contributed by atoms with E-state index >= 15 is 0 Å². The van der Waals surface area contributed by atoms with E-state index in [-0.39, 0.29) is 11.9 Å². The molecule has 1 aromatic carbocycles. The topological polar surface area (TPSA) is 24.9 Å². The highest BCUT2D eigenvalue weighted by atomic mass is 19.1. The monoisotopic (exact) mass is 258 g/mol. The molecule has 1 heterocycles. The van der Waals surface area contributed by atoms with Crippen molar-refractivity contribution in [2.45, 2.75) is 32.9 Å². The van der Waals surface area contributed by atoms with Gasteiger partial charge in [0.2, 0.25) is 0 Å².